The second-order valence-corrected chi connectivity index (χ2v) is 4.47. The molecule has 0 aliphatic rings. The van der Waals surface area contributed by atoms with Crippen LogP contribution >= 0.6 is 38.5 Å². The maximum absolute atomic E-state index is 11.6. The van der Waals surface area contributed by atoms with Crippen LogP contribution in [0.5, 0.6) is 0 Å². The second-order valence-electron chi connectivity index (χ2n) is 2.50. The van der Waals surface area contributed by atoms with Gasteiger partial charge in [0.1, 0.15) is 10.3 Å². The van der Waals surface area contributed by atoms with Crippen molar-refractivity contribution in [2.45, 2.75) is 0 Å². The van der Waals surface area contributed by atoms with E-state index in [1.54, 1.807) is 18.3 Å². The lowest BCUT2D eigenvalue weighted by Gasteiger charge is -1.97. The summed E-state index contributed by atoms with van der Waals surface area (Å²) in [6, 6.07) is 3.51. The number of aromatic nitrogens is 2. The molecule has 2 aromatic rings. The molecule has 2 heterocycles. The quantitative estimate of drug-likeness (QED) is 0.585. The first kappa shape index (κ1) is 9.14. The van der Waals surface area contributed by atoms with Gasteiger partial charge < -0.3 is 4.98 Å². The molecule has 0 bridgehead atoms. The van der Waals surface area contributed by atoms with Crippen LogP contribution < -0.4 is 5.43 Å². The molecule has 0 aliphatic heterocycles. The Balaban J connectivity index is 2.95. The Morgan fingerprint density at radius 1 is 1.46 bits per heavy atom. The Bertz CT molecular complexity index is 523. The molecular weight excluding hydrogens is 347 g/mol. The van der Waals surface area contributed by atoms with Gasteiger partial charge in [-0.1, -0.05) is 0 Å². The number of rotatable bonds is 0. The third-order valence-corrected chi connectivity index (χ3v) is 2.90. The minimum Gasteiger partial charge on any atom is -0.345 e. The number of halogens is 2. The number of nitrogens with one attached hydrogen (secondary N) is 1. The van der Waals surface area contributed by atoms with Gasteiger partial charge in [0.2, 0.25) is 5.43 Å². The Kier molecular flexibility index (Phi) is 2.37. The minimum absolute atomic E-state index is 0.0225. The molecule has 5 heteroatoms. The van der Waals surface area contributed by atoms with Crippen LogP contribution in [0.4, 0.5) is 0 Å². The van der Waals surface area contributed by atoms with E-state index >= 15 is 0 Å². The van der Waals surface area contributed by atoms with Gasteiger partial charge in [-0.15, -0.1) is 0 Å². The molecule has 2 aromatic heterocycles. The van der Waals surface area contributed by atoms with Crippen LogP contribution in [-0.4, -0.2) is 9.97 Å². The van der Waals surface area contributed by atoms with E-state index in [4.69, 9.17) is 0 Å². The fourth-order valence-corrected chi connectivity index (χ4v) is 1.81. The second kappa shape index (κ2) is 3.38. The molecule has 1 N–H and O–H groups in total. The van der Waals surface area contributed by atoms with Crippen molar-refractivity contribution in [3.63, 3.8) is 0 Å². The zero-order valence-electron chi connectivity index (χ0n) is 6.34. The van der Waals surface area contributed by atoms with Crippen molar-refractivity contribution in [3.05, 3.63) is 36.7 Å². The number of hydrogen-bond acceptors (Lipinski definition) is 2. The van der Waals surface area contributed by atoms with E-state index in [2.05, 4.69) is 25.9 Å². The van der Waals surface area contributed by atoms with Crippen LogP contribution in [0.3, 0.4) is 0 Å². The maximum atomic E-state index is 11.6. The smallest absolute Gasteiger partial charge is 0.204 e. The van der Waals surface area contributed by atoms with Crippen LogP contribution in [0.15, 0.2) is 27.7 Å². The van der Waals surface area contributed by atoms with E-state index in [9.17, 15) is 4.79 Å². The minimum atomic E-state index is 0.0225. The Hall–Kier alpha value is -0.430. The molecule has 66 valence electrons. The average Bonchev–Trinajstić information content (AvgIpc) is 2.12. The highest BCUT2D eigenvalue weighted by atomic mass is 127. The highest BCUT2D eigenvalue weighted by Crippen LogP contribution is 2.11. The van der Waals surface area contributed by atoms with Gasteiger partial charge >= 0.3 is 0 Å². The topological polar surface area (TPSA) is 45.8 Å². The summed E-state index contributed by atoms with van der Waals surface area (Å²) in [6.45, 7) is 0. The van der Waals surface area contributed by atoms with Gasteiger partial charge in [0, 0.05) is 6.20 Å². The van der Waals surface area contributed by atoms with Crippen molar-refractivity contribution in [2.75, 3.05) is 0 Å². The monoisotopic (exact) mass is 350 g/mol. The van der Waals surface area contributed by atoms with Crippen molar-refractivity contribution < 1.29 is 0 Å². The predicted molar refractivity (Wildman–Crippen MR) is 62.8 cm³/mol. The maximum Gasteiger partial charge on any atom is 0.204 e. The summed E-state index contributed by atoms with van der Waals surface area (Å²) in [5.41, 5.74) is 0.633. The van der Waals surface area contributed by atoms with E-state index in [1.807, 2.05) is 22.6 Å². The average molecular weight is 351 g/mol. The molecule has 0 amide bonds. The molecule has 0 atom stereocenters. The summed E-state index contributed by atoms with van der Waals surface area (Å²) in [5.74, 6) is 0. The lowest BCUT2D eigenvalue weighted by atomic mass is 10.3. The van der Waals surface area contributed by atoms with Gasteiger partial charge in [0.05, 0.1) is 8.96 Å². The van der Waals surface area contributed by atoms with Gasteiger partial charge in [-0.05, 0) is 50.7 Å². The Morgan fingerprint density at radius 3 is 3.00 bits per heavy atom. The molecule has 0 aromatic carbocycles. The van der Waals surface area contributed by atoms with Gasteiger partial charge in [-0.25, -0.2) is 4.98 Å². The molecule has 0 unspecified atom stereocenters. The molecule has 0 radical (unpaired) electrons. The summed E-state index contributed by atoms with van der Waals surface area (Å²) < 4.78 is 1.39. The van der Waals surface area contributed by atoms with Gasteiger partial charge in [-0.2, -0.15) is 0 Å². The highest BCUT2D eigenvalue weighted by Gasteiger charge is 2.02. The third-order valence-electron chi connectivity index (χ3n) is 1.66. The number of H-pyrrole nitrogens is 1. The summed E-state index contributed by atoms with van der Waals surface area (Å²) in [6.07, 6.45) is 1.66. The van der Waals surface area contributed by atoms with E-state index in [1.165, 1.54) is 0 Å². The number of fused-ring (bicyclic) bond motifs is 1. The molecule has 0 saturated carbocycles. The number of aromatic amines is 1. The molecule has 3 nitrogen and oxygen atoms in total. The number of nitrogens with zero attached hydrogens (tertiary/aromatic N) is 1. The first-order valence-electron chi connectivity index (χ1n) is 3.52. The van der Waals surface area contributed by atoms with Crippen molar-refractivity contribution in [1.82, 2.24) is 9.97 Å². The number of hydrogen-bond donors (Lipinski definition) is 1. The largest absolute Gasteiger partial charge is 0.345 e. The van der Waals surface area contributed by atoms with Gasteiger partial charge in [0.25, 0.3) is 0 Å². The summed E-state index contributed by atoms with van der Waals surface area (Å²) in [7, 11) is 0. The van der Waals surface area contributed by atoms with E-state index < -0.39 is 0 Å². The van der Waals surface area contributed by atoms with Crippen LogP contribution in [0, 0.1) is 3.57 Å². The molecule has 13 heavy (non-hydrogen) atoms. The zero-order valence-corrected chi connectivity index (χ0v) is 10.1. The summed E-state index contributed by atoms with van der Waals surface area (Å²) in [4.78, 5) is 18.6. The standard InChI is InChI=1S/C8H4BrIN2O/c9-6-2-1-4-7(13)5(10)3-11-8(4)12-6/h1-3H,(H,11,12,13). The molecule has 2 rings (SSSR count). The van der Waals surface area contributed by atoms with Crippen molar-refractivity contribution in [1.29, 1.82) is 0 Å². The van der Waals surface area contributed by atoms with Gasteiger partial charge in [0.15, 0.2) is 0 Å². The van der Waals surface area contributed by atoms with E-state index in [-0.39, 0.29) is 5.43 Å². The highest BCUT2D eigenvalue weighted by molar-refractivity contribution is 14.1. The van der Waals surface area contributed by atoms with Crippen molar-refractivity contribution in [2.24, 2.45) is 0 Å². The van der Waals surface area contributed by atoms with Crippen molar-refractivity contribution >= 4 is 49.6 Å². The fourth-order valence-electron chi connectivity index (χ4n) is 1.05. The Labute approximate surface area is 95.8 Å². The summed E-state index contributed by atoms with van der Waals surface area (Å²) in [5, 5.41) is 0.620. The zero-order chi connectivity index (χ0) is 9.42. The van der Waals surface area contributed by atoms with E-state index in [0.717, 1.165) is 4.60 Å². The molecule has 0 spiro atoms. The molecular formula is C8H4BrIN2O. The van der Waals surface area contributed by atoms with Crippen LogP contribution in [0.25, 0.3) is 11.0 Å². The molecule has 0 saturated heterocycles. The Morgan fingerprint density at radius 2 is 2.23 bits per heavy atom. The van der Waals surface area contributed by atoms with Crippen LogP contribution in [0.2, 0.25) is 0 Å². The summed E-state index contributed by atoms with van der Waals surface area (Å²) >= 11 is 5.24. The van der Waals surface area contributed by atoms with Crippen LogP contribution in [0.1, 0.15) is 0 Å². The van der Waals surface area contributed by atoms with Crippen LogP contribution in [-0.2, 0) is 0 Å². The lowest BCUT2D eigenvalue weighted by Crippen LogP contribution is -2.06. The SMILES string of the molecule is O=c1c(I)c[nH]c2nc(Br)ccc12. The molecule has 0 aliphatic carbocycles. The first-order valence-corrected chi connectivity index (χ1v) is 5.39. The fraction of sp³-hybridized carbons (Fsp3) is 0. The lowest BCUT2D eigenvalue weighted by molar-refractivity contribution is 1.24. The molecule has 0 fully saturated rings. The predicted octanol–water partition coefficient (Wildman–Crippen LogP) is 2.29. The first-order chi connectivity index (χ1) is 6.18. The van der Waals surface area contributed by atoms with E-state index in [0.29, 0.717) is 14.6 Å². The number of pyridine rings is 2. The van der Waals surface area contributed by atoms with Gasteiger partial charge in [-0.3, -0.25) is 4.79 Å². The third kappa shape index (κ3) is 1.62. The normalized spacial score (nSPS) is 10.6. The van der Waals surface area contributed by atoms with Crippen molar-refractivity contribution in [3.8, 4) is 0 Å².